The highest BCUT2D eigenvalue weighted by Crippen LogP contribution is 2.34. The topological polar surface area (TPSA) is 89.9 Å². The first kappa shape index (κ1) is 25.9. The Hall–Kier alpha value is -4.23. The minimum Gasteiger partial charge on any atom is -0.478 e. The Balaban J connectivity index is 1.71. The second kappa shape index (κ2) is 11.2. The zero-order valence-electron chi connectivity index (χ0n) is 21.3. The van der Waals surface area contributed by atoms with E-state index in [2.05, 4.69) is 5.32 Å². The summed E-state index contributed by atoms with van der Waals surface area (Å²) in [5.41, 5.74) is 6.21. The molecule has 0 spiro atoms. The maximum absolute atomic E-state index is 12.7. The highest BCUT2D eigenvalue weighted by atomic mass is 16.4. The SMILES string of the molecule is Cc1cc(C(=O)O)ccc1/C(C=O)=C(/Nc1ccc2c(c1)CCN2C(=O)CCN(C)C)c1ccccc1. The van der Waals surface area contributed by atoms with E-state index in [-0.39, 0.29) is 11.5 Å². The number of hydrogen-bond acceptors (Lipinski definition) is 5. The molecule has 2 N–H and O–H groups in total. The molecule has 0 bridgehead atoms. The van der Waals surface area contributed by atoms with E-state index in [0.717, 1.165) is 35.2 Å². The number of fused-ring (bicyclic) bond motifs is 1. The van der Waals surface area contributed by atoms with Gasteiger partial charge in [-0.25, -0.2) is 4.79 Å². The van der Waals surface area contributed by atoms with Crippen LogP contribution in [-0.2, 0) is 16.0 Å². The van der Waals surface area contributed by atoms with Crippen molar-refractivity contribution in [2.45, 2.75) is 19.8 Å². The van der Waals surface area contributed by atoms with Crippen molar-refractivity contribution in [3.05, 3.63) is 94.5 Å². The van der Waals surface area contributed by atoms with E-state index in [9.17, 15) is 19.5 Å². The van der Waals surface area contributed by atoms with Crippen molar-refractivity contribution in [1.29, 1.82) is 0 Å². The molecule has 0 aromatic heterocycles. The zero-order valence-corrected chi connectivity index (χ0v) is 21.3. The van der Waals surface area contributed by atoms with Crippen LogP contribution in [0.4, 0.5) is 11.4 Å². The van der Waals surface area contributed by atoms with E-state index in [4.69, 9.17) is 0 Å². The third-order valence-corrected chi connectivity index (χ3v) is 6.53. The molecule has 0 radical (unpaired) electrons. The quantitative estimate of drug-likeness (QED) is 0.253. The lowest BCUT2D eigenvalue weighted by Gasteiger charge is -2.20. The maximum Gasteiger partial charge on any atom is 0.335 e. The van der Waals surface area contributed by atoms with Crippen LogP contribution in [0.2, 0.25) is 0 Å². The number of allylic oxidation sites excluding steroid dienone is 1. The predicted octanol–water partition coefficient (Wildman–Crippen LogP) is 4.71. The van der Waals surface area contributed by atoms with Crippen molar-refractivity contribution in [1.82, 2.24) is 4.90 Å². The second-order valence-corrected chi connectivity index (χ2v) is 9.42. The van der Waals surface area contributed by atoms with Crippen LogP contribution in [0, 0.1) is 6.92 Å². The van der Waals surface area contributed by atoms with E-state index in [1.807, 2.05) is 72.4 Å². The van der Waals surface area contributed by atoms with Crippen LogP contribution in [0.5, 0.6) is 0 Å². The molecule has 1 amide bonds. The van der Waals surface area contributed by atoms with Gasteiger partial charge in [0.15, 0.2) is 6.29 Å². The summed E-state index contributed by atoms with van der Waals surface area (Å²) in [5.74, 6) is -0.901. The molecule has 0 unspecified atom stereocenters. The van der Waals surface area contributed by atoms with E-state index in [1.54, 1.807) is 19.1 Å². The molecule has 1 heterocycles. The fourth-order valence-corrected chi connectivity index (χ4v) is 4.59. The van der Waals surface area contributed by atoms with Gasteiger partial charge in [0.05, 0.1) is 11.3 Å². The lowest BCUT2D eigenvalue weighted by molar-refractivity contribution is -0.118. The average molecular weight is 498 g/mol. The second-order valence-electron chi connectivity index (χ2n) is 9.42. The van der Waals surface area contributed by atoms with Gasteiger partial charge >= 0.3 is 5.97 Å². The van der Waals surface area contributed by atoms with Gasteiger partial charge in [-0.3, -0.25) is 9.59 Å². The van der Waals surface area contributed by atoms with Crippen LogP contribution in [-0.4, -0.2) is 55.4 Å². The number of anilines is 2. The number of aryl methyl sites for hydroxylation is 1. The van der Waals surface area contributed by atoms with E-state index >= 15 is 0 Å². The summed E-state index contributed by atoms with van der Waals surface area (Å²) < 4.78 is 0. The lowest BCUT2D eigenvalue weighted by Crippen LogP contribution is -2.31. The molecule has 0 saturated heterocycles. The van der Waals surface area contributed by atoms with Crippen LogP contribution in [0.25, 0.3) is 11.3 Å². The van der Waals surface area contributed by atoms with Crippen LogP contribution in [0.3, 0.4) is 0 Å². The number of hydrogen-bond donors (Lipinski definition) is 2. The number of aromatic carboxylic acids is 1. The molecule has 1 aliphatic rings. The number of carbonyl (C=O) groups is 3. The highest BCUT2D eigenvalue weighted by molar-refractivity contribution is 6.19. The fraction of sp³-hybridized carbons (Fsp3) is 0.233. The summed E-state index contributed by atoms with van der Waals surface area (Å²) in [4.78, 5) is 40.4. The van der Waals surface area contributed by atoms with Crippen molar-refractivity contribution < 1.29 is 19.5 Å². The summed E-state index contributed by atoms with van der Waals surface area (Å²) in [7, 11) is 3.91. The third-order valence-electron chi connectivity index (χ3n) is 6.53. The Kier molecular flexibility index (Phi) is 7.84. The number of benzene rings is 3. The van der Waals surface area contributed by atoms with E-state index in [1.165, 1.54) is 6.07 Å². The minimum absolute atomic E-state index is 0.113. The molecule has 1 aliphatic heterocycles. The zero-order chi connectivity index (χ0) is 26.5. The Morgan fingerprint density at radius 3 is 2.43 bits per heavy atom. The maximum atomic E-state index is 12.7. The largest absolute Gasteiger partial charge is 0.478 e. The van der Waals surface area contributed by atoms with Crippen LogP contribution in [0.15, 0.2) is 66.7 Å². The normalized spacial score (nSPS) is 13.2. The van der Waals surface area contributed by atoms with Gasteiger partial charge in [0.1, 0.15) is 0 Å². The Morgan fingerprint density at radius 1 is 1.03 bits per heavy atom. The smallest absolute Gasteiger partial charge is 0.335 e. The Bertz CT molecular complexity index is 1360. The number of aldehydes is 1. The predicted molar refractivity (Wildman–Crippen MR) is 147 cm³/mol. The summed E-state index contributed by atoms with van der Waals surface area (Å²) >= 11 is 0. The molecule has 37 heavy (non-hydrogen) atoms. The molecule has 3 aromatic rings. The van der Waals surface area contributed by atoms with Crippen LogP contribution >= 0.6 is 0 Å². The number of carboxylic acid groups (broad SMARTS) is 1. The molecule has 0 saturated carbocycles. The van der Waals surface area contributed by atoms with Crippen molar-refractivity contribution in [3.8, 4) is 0 Å². The first-order valence-corrected chi connectivity index (χ1v) is 12.2. The van der Waals surface area contributed by atoms with Crippen LogP contribution < -0.4 is 10.2 Å². The number of carbonyl (C=O) groups excluding carboxylic acids is 2. The van der Waals surface area contributed by atoms with Gasteiger partial charge in [-0.15, -0.1) is 0 Å². The standard InChI is InChI=1S/C30H31N3O4/c1-20-17-23(30(36)37)9-11-25(20)26(19-34)29(21-7-5-4-6-8-21)31-24-10-12-27-22(18-24)13-16-33(27)28(35)14-15-32(2)3/h4-12,17-19,31H,13-16H2,1-3H3,(H,36,37)/b29-26+. The number of rotatable bonds is 9. The van der Waals surface area contributed by atoms with Gasteiger partial charge < -0.3 is 20.2 Å². The van der Waals surface area contributed by atoms with E-state index < -0.39 is 5.97 Å². The van der Waals surface area contributed by atoms with Gasteiger partial charge in [-0.2, -0.15) is 0 Å². The van der Waals surface area contributed by atoms with Gasteiger partial charge in [0, 0.05) is 36.5 Å². The first-order chi connectivity index (χ1) is 17.8. The number of carboxylic acids is 1. The lowest BCUT2D eigenvalue weighted by atomic mass is 9.95. The Morgan fingerprint density at radius 2 is 1.78 bits per heavy atom. The van der Waals surface area contributed by atoms with Gasteiger partial charge in [-0.05, 0) is 80.0 Å². The average Bonchev–Trinajstić information content (AvgIpc) is 3.31. The summed E-state index contributed by atoms with van der Waals surface area (Å²) in [6.45, 7) is 3.16. The molecule has 190 valence electrons. The molecule has 7 heteroatoms. The highest BCUT2D eigenvalue weighted by Gasteiger charge is 2.25. The minimum atomic E-state index is -1.01. The third kappa shape index (κ3) is 5.78. The van der Waals surface area contributed by atoms with Crippen molar-refractivity contribution in [3.63, 3.8) is 0 Å². The number of nitrogens with zero attached hydrogens (tertiary/aromatic N) is 2. The molecular weight excluding hydrogens is 466 g/mol. The van der Waals surface area contributed by atoms with Crippen molar-refractivity contribution in [2.75, 3.05) is 37.4 Å². The molecule has 4 rings (SSSR count). The van der Waals surface area contributed by atoms with Gasteiger partial charge in [0.2, 0.25) is 5.91 Å². The molecule has 7 nitrogen and oxygen atoms in total. The van der Waals surface area contributed by atoms with Crippen molar-refractivity contribution in [2.24, 2.45) is 0 Å². The number of amides is 1. The molecular formula is C30H31N3O4. The van der Waals surface area contributed by atoms with Gasteiger partial charge in [0.25, 0.3) is 0 Å². The van der Waals surface area contributed by atoms with Crippen molar-refractivity contribution >= 4 is 40.8 Å². The Labute approximate surface area is 217 Å². The monoisotopic (exact) mass is 497 g/mol. The fourth-order valence-electron chi connectivity index (χ4n) is 4.59. The molecule has 3 aromatic carbocycles. The van der Waals surface area contributed by atoms with E-state index in [0.29, 0.717) is 41.9 Å². The summed E-state index contributed by atoms with van der Waals surface area (Å²) in [5, 5.41) is 12.8. The summed E-state index contributed by atoms with van der Waals surface area (Å²) in [6.07, 6.45) is 2.03. The molecule has 0 fully saturated rings. The summed E-state index contributed by atoms with van der Waals surface area (Å²) in [6, 6.07) is 20.2. The first-order valence-electron chi connectivity index (χ1n) is 12.2. The molecule has 0 atom stereocenters. The number of nitrogens with one attached hydrogen (secondary N) is 1. The van der Waals surface area contributed by atoms with Gasteiger partial charge in [-0.1, -0.05) is 36.4 Å². The van der Waals surface area contributed by atoms with Crippen LogP contribution in [0.1, 0.15) is 39.0 Å². The molecule has 0 aliphatic carbocycles.